The average molecular weight is 252 g/mol. The summed E-state index contributed by atoms with van der Waals surface area (Å²) in [4.78, 5) is 15.6. The van der Waals surface area contributed by atoms with Gasteiger partial charge in [-0.1, -0.05) is 13.3 Å². The fraction of sp³-hybridized carbons (Fsp3) is 0.692. The van der Waals surface area contributed by atoms with Crippen LogP contribution in [0.4, 0.5) is 0 Å². The lowest BCUT2D eigenvalue weighted by molar-refractivity contribution is -0.121. The van der Waals surface area contributed by atoms with Gasteiger partial charge in [-0.3, -0.25) is 4.79 Å². The van der Waals surface area contributed by atoms with Gasteiger partial charge < -0.3 is 15.2 Å². The number of carbonyl (C=O) groups is 1. The Labute approximate surface area is 109 Å². The molecular formula is C13H24N4O. The summed E-state index contributed by atoms with van der Waals surface area (Å²) in [5, 5.41) is 6.18. The van der Waals surface area contributed by atoms with Crippen LogP contribution < -0.4 is 10.6 Å². The van der Waals surface area contributed by atoms with Crippen molar-refractivity contribution in [3.8, 4) is 0 Å². The molecule has 0 fully saturated rings. The lowest BCUT2D eigenvalue weighted by Gasteiger charge is -2.16. The van der Waals surface area contributed by atoms with Crippen molar-refractivity contribution in [1.82, 2.24) is 20.2 Å². The minimum absolute atomic E-state index is 0.0634. The van der Waals surface area contributed by atoms with Gasteiger partial charge in [0.2, 0.25) is 5.91 Å². The van der Waals surface area contributed by atoms with E-state index in [1.165, 1.54) is 0 Å². The van der Waals surface area contributed by atoms with Crippen LogP contribution in [0.5, 0.6) is 0 Å². The molecule has 2 N–H and O–H groups in total. The summed E-state index contributed by atoms with van der Waals surface area (Å²) >= 11 is 0. The highest BCUT2D eigenvalue weighted by Crippen LogP contribution is 1.94. The number of carbonyl (C=O) groups excluding carboxylic acids is 1. The van der Waals surface area contributed by atoms with Crippen LogP contribution in [0.3, 0.4) is 0 Å². The van der Waals surface area contributed by atoms with Gasteiger partial charge in [-0.2, -0.15) is 0 Å². The van der Waals surface area contributed by atoms with Crippen LogP contribution >= 0.6 is 0 Å². The number of aromatic nitrogens is 2. The quantitative estimate of drug-likeness (QED) is 0.730. The zero-order valence-electron chi connectivity index (χ0n) is 11.5. The second kappa shape index (κ2) is 7.87. The molecule has 102 valence electrons. The Morgan fingerprint density at radius 2 is 2.17 bits per heavy atom. The van der Waals surface area contributed by atoms with Gasteiger partial charge >= 0.3 is 0 Å². The summed E-state index contributed by atoms with van der Waals surface area (Å²) in [7, 11) is 0. The fourth-order valence-electron chi connectivity index (χ4n) is 1.87. The third-order valence-corrected chi connectivity index (χ3v) is 2.78. The number of imidazole rings is 1. The summed E-state index contributed by atoms with van der Waals surface area (Å²) in [6.07, 6.45) is 7.57. The summed E-state index contributed by atoms with van der Waals surface area (Å²) in [6.45, 7) is 7.40. The molecule has 1 heterocycles. The van der Waals surface area contributed by atoms with Crippen molar-refractivity contribution in [3.63, 3.8) is 0 Å². The smallest absolute Gasteiger partial charge is 0.234 e. The maximum absolute atomic E-state index is 11.6. The molecule has 5 heteroatoms. The maximum atomic E-state index is 11.6. The Bertz CT molecular complexity index is 337. The van der Waals surface area contributed by atoms with Gasteiger partial charge in [-0.25, -0.2) is 4.98 Å². The number of rotatable bonds is 8. The van der Waals surface area contributed by atoms with Gasteiger partial charge in [0, 0.05) is 31.0 Å². The van der Waals surface area contributed by atoms with E-state index in [0.717, 1.165) is 19.4 Å². The van der Waals surface area contributed by atoms with Gasteiger partial charge in [-0.15, -0.1) is 0 Å². The van der Waals surface area contributed by atoms with Crippen LogP contribution in [0.2, 0.25) is 0 Å². The van der Waals surface area contributed by atoms with Gasteiger partial charge in [0.15, 0.2) is 0 Å². The number of nitrogens with one attached hydrogen (secondary N) is 2. The Kier molecular flexibility index (Phi) is 6.43. The van der Waals surface area contributed by atoms with E-state index in [4.69, 9.17) is 0 Å². The van der Waals surface area contributed by atoms with Crippen LogP contribution in [0.1, 0.15) is 33.6 Å². The highest BCUT2D eigenvalue weighted by Gasteiger charge is 2.08. The zero-order chi connectivity index (χ0) is 13.4. The highest BCUT2D eigenvalue weighted by atomic mass is 16.1. The minimum Gasteiger partial charge on any atom is -0.353 e. The SMILES string of the molecule is CCCC(C)NC(=O)CNC(C)Cn1ccnc1. The second-order valence-electron chi connectivity index (χ2n) is 4.80. The molecule has 5 nitrogen and oxygen atoms in total. The number of hydrogen-bond acceptors (Lipinski definition) is 3. The predicted octanol–water partition coefficient (Wildman–Crippen LogP) is 1.17. The maximum Gasteiger partial charge on any atom is 0.234 e. The molecule has 1 aromatic rings. The normalized spacial score (nSPS) is 14.2. The first-order chi connectivity index (χ1) is 8.61. The Hall–Kier alpha value is -1.36. The van der Waals surface area contributed by atoms with Crippen molar-refractivity contribution in [2.24, 2.45) is 0 Å². The van der Waals surface area contributed by atoms with E-state index in [1.54, 1.807) is 12.5 Å². The van der Waals surface area contributed by atoms with Crippen LogP contribution in [0.25, 0.3) is 0 Å². The molecule has 0 bridgehead atoms. The van der Waals surface area contributed by atoms with Crippen molar-refractivity contribution < 1.29 is 4.79 Å². The summed E-state index contributed by atoms with van der Waals surface area (Å²) in [5.74, 6) is 0.0634. The molecule has 0 aliphatic heterocycles. The molecule has 0 aliphatic carbocycles. The predicted molar refractivity (Wildman–Crippen MR) is 72.2 cm³/mol. The van der Waals surface area contributed by atoms with Crippen LogP contribution in [0, 0.1) is 0 Å². The van der Waals surface area contributed by atoms with Crippen LogP contribution in [-0.4, -0.2) is 34.1 Å². The molecule has 18 heavy (non-hydrogen) atoms. The standard InChI is InChI=1S/C13H24N4O/c1-4-5-11(2)16-13(18)8-15-12(3)9-17-7-6-14-10-17/h6-7,10-12,15H,4-5,8-9H2,1-3H3,(H,16,18). The molecule has 0 aromatic carbocycles. The van der Waals surface area contributed by atoms with E-state index in [2.05, 4.69) is 29.5 Å². The lowest BCUT2D eigenvalue weighted by atomic mass is 10.2. The van der Waals surface area contributed by atoms with Crippen molar-refractivity contribution in [1.29, 1.82) is 0 Å². The summed E-state index contributed by atoms with van der Waals surface area (Å²) in [5.41, 5.74) is 0. The first-order valence-corrected chi connectivity index (χ1v) is 6.60. The fourth-order valence-corrected chi connectivity index (χ4v) is 1.87. The Morgan fingerprint density at radius 1 is 1.39 bits per heavy atom. The Balaban J connectivity index is 2.17. The van der Waals surface area contributed by atoms with Gasteiger partial charge in [-0.05, 0) is 20.3 Å². The molecular weight excluding hydrogens is 228 g/mol. The number of amides is 1. The topological polar surface area (TPSA) is 59.0 Å². The van der Waals surface area contributed by atoms with Crippen molar-refractivity contribution in [3.05, 3.63) is 18.7 Å². The highest BCUT2D eigenvalue weighted by molar-refractivity contribution is 5.78. The molecule has 0 aliphatic rings. The lowest BCUT2D eigenvalue weighted by Crippen LogP contribution is -2.42. The molecule has 2 unspecified atom stereocenters. The van der Waals surface area contributed by atoms with E-state index in [1.807, 2.05) is 17.7 Å². The molecule has 0 radical (unpaired) electrons. The molecule has 0 saturated carbocycles. The molecule has 2 atom stereocenters. The monoisotopic (exact) mass is 252 g/mol. The van der Waals surface area contributed by atoms with Crippen molar-refractivity contribution >= 4 is 5.91 Å². The van der Waals surface area contributed by atoms with E-state index >= 15 is 0 Å². The van der Waals surface area contributed by atoms with Gasteiger partial charge in [0.25, 0.3) is 0 Å². The largest absolute Gasteiger partial charge is 0.353 e. The van der Waals surface area contributed by atoms with E-state index in [0.29, 0.717) is 6.54 Å². The molecule has 0 spiro atoms. The molecule has 1 amide bonds. The number of hydrogen-bond donors (Lipinski definition) is 2. The average Bonchev–Trinajstić information content (AvgIpc) is 2.79. The minimum atomic E-state index is 0.0634. The first-order valence-electron chi connectivity index (χ1n) is 6.60. The third kappa shape index (κ3) is 5.82. The Morgan fingerprint density at radius 3 is 2.78 bits per heavy atom. The second-order valence-corrected chi connectivity index (χ2v) is 4.80. The number of nitrogens with zero attached hydrogens (tertiary/aromatic N) is 2. The molecule has 0 saturated heterocycles. The van der Waals surface area contributed by atoms with E-state index in [9.17, 15) is 4.79 Å². The third-order valence-electron chi connectivity index (χ3n) is 2.78. The van der Waals surface area contributed by atoms with Crippen molar-refractivity contribution in [2.45, 2.75) is 52.2 Å². The zero-order valence-corrected chi connectivity index (χ0v) is 11.5. The first kappa shape index (κ1) is 14.7. The molecule has 1 rings (SSSR count). The summed E-state index contributed by atoms with van der Waals surface area (Å²) < 4.78 is 2.00. The summed E-state index contributed by atoms with van der Waals surface area (Å²) in [6, 6.07) is 0.500. The van der Waals surface area contributed by atoms with Crippen LogP contribution in [-0.2, 0) is 11.3 Å². The van der Waals surface area contributed by atoms with Gasteiger partial charge in [0.05, 0.1) is 12.9 Å². The van der Waals surface area contributed by atoms with E-state index in [-0.39, 0.29) is 18.0 Å². The molecule has 1 aromatic heterocycles. The van der Waals surface area contributed by atoms with E-state index < -0.39 is 0 Å². The van der Waals surface area contributed by atoms with Crippen LogP contribution in [0.15, 0.2) is 18.7 Å². The van der Waals surface area contributed by atoms with Gasteiger partial charge in [0.1, 0.15) is 0 Å². The van der Waals surface area contributed by atoms with Crippen molar-refractivity contribution in [2.75, 3.05) is 6.54 Å².